The van der Waals surface area contributed by atoms with Gasteiger partial charge in [0.25, 0.3) is 0 Å². The van der Waals surface area contributed by atoms with Gasteiger partial charge in [0.2, 0.25) is 0 Å². The SMILES string of the molecule is CCOC(=O)c1ccccc1B1OC(CC)(CC)C(CC)(CC)O1. The monoisotopic (exact) mass is 332 g/mol. The zero-order valence-corrected chi connectivity index (χ0v) is 15.6. The van der Waals surface area contributed by atoms with Crippen molar-refractivity contribution in [2.45, 2.75) is 71.5 Å². The van der Waals surface area contributed by atoms with E-state index in [0.29, 0.717) is 12.2 Å². The molecule has 0 aliphatic carbocycles. The van der Waals surface area contributed by atoms with Crippen LogP contribution in [0.25, 0.3) is 0 Å². The molecule has 0 atom stereocenters. The zero-order chi connectivity index (χ0) is 17.8. The zero-order valence-electron chi connectivity index (χ0n) is 15.6. The van der Waals surface area contributed by atoms with Gasteiger partial charge in [0, 0.05) is 0 Å². The summed E-state index contributed by atoms with van der Waals surface area (Å²) in [6.45, 7) is 10.7. The Hall–Kier alpha value is -1.33. The first-order chi connectivity index (χ1) is 11.5. The number of esters is 1. The molecule has 0 N–H and O–H groups in total. The fourth-order valence-corrected chi connectivity index (χ4v) is 3.99. The summed E-state index contributed by atoms with van der Waals surface area (Å²) in [6.07, 6.45) is 3.51. The van der Waals surface area contributed by atoms with E-state index in [0.717, 1.165) is 31.1 Å². The first-order valence-electron chi connectivity index (χ1n) is 9.14. The van der Waals surface area contributed by atoms with Crippen molar-refractivity contribution in [2.24, 2.45) is 0 Å². The predicted octanol–water partition coefficient (Wildman–Crippen LogP) is 3.72. The van der Waals surface area contributed by atoms with Crippen LogP contribution >= 0.6 is 0 Å². The standard InChI is InChI=1S/C19H29BO4/c1-6-18(7-2)19(8-3,9-4)24-20(23-18)16-14-12-11-13-15(16)17(21)22-10-5/h11-14H,6-10H2,1-5H3. The average Bonchev–Trinajstić information content (AvgIpc) is 2.97. The third kappa shape index (κ3) is 3.00. The second-order valence-electron chi connectivity index (χ2n) is 6.28. The van der Waals surface area contributed by atoms with E-state index < -0.39 is 7.12 Å². The number of rotatable bonds is 7. The van der Waals surface area contributed by atoms with Crippen molar-refractivity contribution < 1.29 is 18.8 Å². The van der Waals surface area contributed by atoms with Gasteiger partial charge < -0.3 is 14.0 Å². The predicted molar refractivity (Wildman–Crippen MR) is 96.6 cm³/mol. The Labute approximate surface area is 146 Å². The highest BCUT2D eigenvalue weighted by molar-refractivity contribution is 6.63. The third-order valence-corrected chi connectivity index (χ3v) is 5.49. The highest BCUT2D eigenvalue weighted by Crippen LogP contribution is 2.46. The molecular weight excluding hydrogens is 303 g/mol. The van der Waals surface area contributed by atoms with Gasteiger partial charge in [0.05, 0.1) is 23.4 Å². The van der Waals surface area contributed by atoms with Gasteiger partial charge in [-0.25, -0.2) is 4.79 Å². The summed E-state index contributed by atoms with van der Waals surface area (Å²) in [5.41, 5.74) is 0.616. The molecule has 0 spiro atoms. The molecule has 1 fully saturated rings. The lowest BCUT2D eigenvalue weighted by molar-refractivity contribution is -0.0601. The van der Waals surface area contributed by atoms with Crippen molar-refractivity contribution in [2.75, 3.05) is 6.61 Å². The summed E-state index contributed by atoms with van der Waals surface area (Å²) in [5.74, 6) is -0.329. The number of hydrogen-bond donors (Lipinski definition) is 0. The Kier molecular flexibility index (Phi) is 6.10. The lowest BCUT2D eigenvalue weighted by Gasteiger charge is -2.42. The van der Waals surface area contributed by atoms with Gasteiger partial charge in [-0.05, 0) is 44.1 Å². The van der Waals surface area contributed by atoms with Gasteiger partial charge in [-0.15, -0.1) is 0 Å². The van der Waals surface area contributed by atoms with Crippen LogP contribution in [-0.4, -0.2) is 30.9 Å². The van der Waals surface area contributed by atoms with Crippen molar-refractivity contribution >= 4 is 18.6 Å². The first-order valence-corrected chi connectivity index (χ1v) is 9.14. The third-order valence-electron chi connectivity index (χ3n) is 5.49. The molecule has 0 aromatic heterocycles. The first kappa shape index (κ1) is 19.0. The van der Waals surface area contributed by atoms with Gasteiger partial charge in [-0.3, -0.25) is 0 Å². The molecule has 1 saturated heterocycles. The molecule has 1 aliphatic rings. The molecule has 4 nitrogen and oxygen atoms in total. The molecule has 5 heteroatoms. The molecule has 0 bridgehead atoms. The van der Waals surface area contributed by atoms with E-state index in [2.05, 4.69) is 27.7 Å². The molecule has 1 aliphatic heterocycles. The second kappa shape index (κ2) is 7.71. The van der Waals surface area contributed by atoms with Crippen LogP contribution in [0.15, 0.2) is 24.3 Å². The van der Waals surface area contributed by atoms with Gasteiger partial charge in [0.15, 0.2) is 0 Å². The van der Waals surface area contributed by atoms with Crippen LogP contribution in [0.4, 0.5) is 0 Å². The van der Waals surface area contributed by atoms with E-state index in [1.807, 2.05) is 25.1 Å². The van der Waals surface area contributed by atoms with Crippen LogP contribution in [0.2, 0.25) is 0 Å². The average molecular weight is 332 g/mol. The smallest absolute Gasteiger partial charge is 0.462 e. The van der Waals surface area contributed by atoms with E-state index in [4.69, 9.17) is 14.0 Å². The van der Waals surface area contributed by atoms with E-state index in [1.165, 1.54) is 0 Å². The van der Waals surface area contributed by atoms with Crippen LogP contribution in [0.5, 0.6) is 0 Å². The van der Waals surface area contributed by atoms with Crippen molar-refractivity contribution in [1.29, 1.82) is 0 Å². The molecule has 1 aromatic carbocycles. The summed E-state index contributed by atoms with van der Waals surface area (Å²) >= 11 is 0. The van der Waals surface area contributed by atoms with E-state index in [-0.39, 0.29) is 17.2 Å². The molecule has 24 heavy (non-hydrogen) atoms. The lowest BCUT2D eigenvalue weighted by Crippen LogP contribution is -2.50. The van der Waals surface area contributed by atoms with Crippen LogP contribution < -0.4 is 5.46 Å². The Bertz CT molecular complexity index is 544. The minimum absolute atomic E-state index is 0.329. The maximum Gasteiger partial charge on any atom is 0.495 e. The molecule has 1 aromatic rings. The number of hydrogen-bond acceptors (Lipinski definition) is 4. The van der Waals surface area contributed by atoms with E-state index in [1.54, 1.807) is 6.07 Å². The van der Waals surface area contributed by atoms with Gasteiger partial charge >= 0.3 is 13.1 Å². The fourth-order valence-electron chi connectivity index (χ4n) is 3.99. The molecule has 132 valence electrons. The lowest BCUT2D eigenvalue weighted by atomic mass is 9.75. The van der Waals surface area contributed by atoms with Crippen molar-refractivity contribution in [3.8, 4) is 0 Å². The molecule has 0 amide bonds. The number of benzene rings is 1. The topological polar surface area (TPSA) is 44.8 Å². The normalized spacial score (nSPS) is 18.6. The number of carbonyl (C=O) groups is 1. The van der Waals surface area contributed by atoms with Crippen molar-refractivity contribution in [3.05, 3.63) is 29.8 Å². The van der Waals surface area contributed by atoms with Crippen molar-refractivity contribution in [3.63, 3.8) is 0 Å². The summed E-state index contributed by atoms with van der Waals surface area (Å²) in [5, 5.41) is 0. The van der Waals surface area contributed by atoms with E-state index >= 15 is 0 Å². The summed E-state index contributed by atoms with van der Waals surface area (Å²) in [4.78, 5) is 12.3. The Morgan fingerprint density at radius 3 is 1.92 bits per heavy atom. The minimum Gasteiger partial charge on any atom is -0.462 e. The van der Waals surface area contributed by atoms with Crippen molar-refractivity contribution in [1.82, 2.24) is 0 Å². The second-order valence-corrected chi connectivity index (χ2v) is 6.28. The molecule has 0 unspecified atom stereocenters. The molecule has 0 radical (unpaired) electrons. The molecule has 2 rings (SSSR count). The molecule has 0 saturated carbocycles. The Morgan fingerprint density at radius 1 is 0.958 bits per heavy atom. The number of ether oxygens (including phenoxy) is 1. The summed E-state index contributed by atoms with van der Waals surface area (Å²) in [7, 11) is -0.537. The van der Waals surface area contributed by atoms with Gasteiger partial charge in [-0.1, -0.05) is 45.9 Å². The number of carbonyl (C=O) groups excluding carboxylic acids is 1. The molecular formula is C19H29BO4. The quantitative estimate of drug-likeness (QED) is 0.564. The summed E-state index contributed by atoms with van der Waals surface area (Å²) in [6, 6.07) is 7.42. The Balaban J connectivity index is 2.43. The largest absolute Gasteiger partial charge is 0.495 e. The maximum absolute atomic E-state index is 12.3. The van der Waals surface area contributed by atoms with Gasteiger partial charge in [0.1, 0.15) is 0 Å². The van der Waals surface area contributed by atoms with Gasteiger partial charge in [-0.2, -0.15) is 0 Å². The summed E-state index contributed by atoms with van der Waals surface area (Å²) < 4.78 is 18.1. The Morgan fingerprint density at radius 2 is 1.46 bits per heavy atom. The van der Waals surface area contributed by atoms with Crippen LogP contribution in [0.3, 0.4) is 0 Å². The highest BCUT2D eigenvalue weighted by atomic mass is 16.7. The highest BCUT2D eigenvalue weighted by Gasteiger charge is 2.59. The minimum atomic E-state index is -0.537. The van der Waals surface area contributed by atoms with E-state index in [9.17, 15) is 4.79 Å². The molecule has 1 heterocycles. The van der Waals surface area contributed by atoms with Crippen LogP contribution in [-0.2, 0) is 14.0 Å². The van der Waals surface area contributed by atoms with Crippen LogP contribution in [0, 0.1) is 0 Å². The van der Waals surface area contributed by atoms with Crippen LogP contribution in [0.1, 0.15) is 70.7 Å². The fraction of sp³-hybridized carbons (Fsp3) is 0.632. The maximum atomic E-state index is 12.3.